The summed E-state index contributed by atoms with van der Waals surface area (Å²) in [5.74, 6) is 0.250. The largest absolute Gasteiger partial charge is 0.298 e. The molecular weight excluding hydrogens is 363 g/mol. The first kappa shape index (κ1) is 17.2. The van der Waals surface area contributed by atoms with Crippen LogP contribution in [-0.2, 0) is 0 Å². The third kappa shape index (κ3) is 3.56. The van der Waals surface area contributed by atoms with Gasteiger partial charge in [0.25, 0.3) is 5.91 Å². The van der Waals surface area contributed by atoms with E-state index in [1.165, 1.54) is 16.9 Å². The van der Waals surface area contributed by atoms with Crippen LogP contribution in [-0.4, -0.2) is 10.9 Å². The minimum Gasteiger partial charge on any atom is -0.298 e. The molecule has 3 aromatic rings. The molecule has 24 heavy (non-hydrogen) atoms. The normalized spacial score (nSPS) is 12.3. The van der Waals surface area contributed by atoms with Crippen LogP contribution in [0, 0.1) is 0 Å². The molecule has 1 unspecified atom stereocenters. The van der Waals surface area contributed by atoms with Crippen LogP contribution in [0.5, 0.6) is 0 Å². The Bertz CT molecular complexity index is 907. The summed E-state index contributed by atoms with van der Waals surface area (Å²) in [6.45, 7) is 4.37. The number of carbonyl (C=O) groups excluding carboxylic acids is 1. The number of carbonyl (C=O) groups is 1. The number of hydrogen-bond acceptors (Lipinski definition) is 3. The number of anilines is 1. The van der Waals surface area contributed by atoms with E-state index in [4.69, 9.17) is 23.2 Å². The van der Waals surface area contributed by atoms with Crippen molar-refractivity contribution < 1.29 is 4.79 Å². The van der Waals surface area contributed by atoms with Gasteiger partial charge in [0.15, 0.2) is 5.13 Å². The van der Waals surface area contributed by atoms with Crippen LogP contribution < -0.4 is 5.32 Å². The fourth-order valence-corrected chi connectivity index (χ4v) is 3.55. The highest BCUT2D eigenvalue weighted by molar-refractivity contribution is 7.22. The van der Waals surface area contributed by atoms with Crippen molar-refractivity contribution in [1.82, 2.24) is 4.98 Å². The van der Waals surface area contributed by atoms with Gasteiger partial charge in [0.2, 0.25) is 0 Å². The summed E-state index contributed by atoms with van der Waals surface area (Å²) in [5.41, 5.74) is 2.62. The highest BCUT2D eigenvalue weighted by Gasteiger charge is 2.12. The van der Waals surface area contributed by atoms with Gasteiger partial charge >= 0.3 is 0 Å². The number of halogens is 2. The number of rotatable bonds is 4. The molecule has 1 N–H and O–H groups in total. The summed E-state index contributed by atoms with van der Waals surface area (Å²) in [4.78, 5) is 16.8. The lowest BCUT2D eigenvalue weighted by Crippen LogP contribution is -2.11. The number of aromatic nitrogens is 1. The summed E-state index contributed by atoms with van der Waals surface area (Å²) >= 11 is 13.3. The molecule has 0 radical (unpaired) electrons. The van der Waals surface area contributed by atoms with Crippen LogP contribution >= 0.6 is 34.5 Å². The number of benzene rings is 2. The van der Waals surface area contributed by atoms with Crippen molar-refractivity contribution in [2.45, 2.75) is 26.2 Å². The maximum atomic E-state index is 12.3. The Hall–Kier alpha value is -1.62. The molecule has 1 heterocycles. The van der Waals surface area contributed by atoms with E-state index in [9.17, 15) is 4.79 Å². The van der Waals surface area contributed by atoms with Crippen molar-refractivity contribution in [3.05, 3.63) is 57.6 Å². The molecule has 6 heteroatoms. The Labute approximate surface area is 154 Å². The molecule has 0 fully saturated rings. The topological polar surface area (TPSA) is 42.0 Å². The molecule has 3 rings (SSSR count). The summed E-state index contributed by atoms with van der Waals surface area (Å²) < 4.78 is 1.07. The first-order chi connectivity index (χ1) is 11.5. The van der Waals surface area contributed by atoms with Gasteiger partial charge in [-0.2, -0.15) is 0 Å². The summed E-state index contributed by atoms with van der Waals surface area (Å²) in [7, 11) is 0. The Morgan fingerprint density at radius 1 is 1.21 bits per heavy atom. The highest BCUT2D eigenvalue weighted by Crippen LogP contribution is 2.30. The van der Waals surface area contributed by atoms with E-state index in [0.29, 0.717) is 26.7 Å². The third-order valence-corrected chi connectivity index (χ3v) is 5.67. The summed E-state index contributed by atoms with van der Waals surface area (Å²) in [6.07, 6.45) is 1.09. The van der Waals surface area contributed by atoms with E-state index in [1.807, 2.05) is 6.07 Å². The second-order valence-corrected chi connectivity index (χ2v) is 7.48. The molecule has 1 aromatic heterocycles. The van der Waals surface area contributed by atoms with Crippen LogP contribution in [0.3, 0.4) is 0 Å². The van der Waals surface area contributed by atoms with E-state index in [1.54, 1.807) is 18.2 Å². The van der Waals surface area contributed by atoms with E-state index in [2.05, 4.69) is 36.3 Å². The van der Waals surface area contributed by atoms with E-state index < -0.39 is 0 Å². The van der Waals surface area contributed by atoms with Gasteiger partial charge in [-0.1, -0.05) is 54.5 Å². The van der Waals surface area contributed by atoms with Gasteiger partial charge in [-0.05, 0) is 48.2 Å². The lowest BCUT2D eigenvalue weighted by atomic mass is 9.99. The number of amides is 1. The fourth-order valence-electron chi connectivity index (χ4n) is 2.34. The molecule has 1 atom stereocenters. The first-order valence-electron chi connectivity index (χ1n) is 7.64. The fraction of sp³-hybridized carbons (Fsp3) is 0.222. The van der Waals surface area contributed by atoms with Gasteiger partial charge in [-0.25, -0.2) is 4.98 Å². The average molecular weight is 379 g/mol. The zero-order chi connectivity index (χ0) is 17.3. The third-order valence-electron chi connectivity index (χ3n) is 4.00. The molecule has 2 aromatic carbocycles. The molecule has 0 bridgehead atoms. The van der Waals surface area contributed by atoms with Crippen LogP contribution in [0.1, 0.15) is 42.1 Å². The predicted molar refractivity (Wildman–Crippen MR) is 103 cm³/mol. The Kier molecular flexibility index (Phi) is 5.09. The molecular formula is C18H16Cl2N2OS. The lowest BCUT2D eigenvalue weighted by Gasteiger charge is -2.07. The quantitative estimate of drug-likeness (QED) is 0.572. The van der Waals surface area contributed by atoms with Gasteiger partial charge in [0.1, 0.15) is 0 Å². The maximum absolute atomic E-state index is 12.3. The number of nitrogens with zero attached hydrogens (tertiary/aromatic N) is 1. The van der Waals surface area contributed by atoms with Gasteiger partial charge < -0.3 is 0 Å². The Morgan fingerprint density at radius 3 is 2.71 bits per heavy atom. The van der Waals surface area contributed by atoms with Crippen molar-refractivity contribution in [2.24, 2.45) is 0 Å². The maximum Gasteiger partial charge on any atom is 0.257 e. The molecule has 0 saturated carbocycles. The van der Waals surface area contributed by atoms with E-state index in [-0.39, 0.29) is 5.91 Å². The Morgan fingerprint density at radius 2 is 2.00 bits per heavy atom. The molecule has 1 amide bonds. The first-order valence-corrected chi connectivity index (χ1v) is 9.22. The molecule has 0 aliphatic rings. The molecule has 0 aliphatic heterocycles. The van der Waals surface area contributed by atoms with Crippen LogP contribution in [0.4, 0.5) is 5.13 Å². The van der Waals surface area contributed by atoms with Crippen molar-refractivity contribution in [2.75, 3.05) is 5.32 Å². The second-order valence-electron chi connectivity index (χ2n) is 5.64. The van der Waals surface area contributed by atoms with Crippen molar-refractivity contribution in [3.8, 4) is 0 Å². The van der Waals surface area contributed by atoms with Gasteiger partial charge in [0.05, 0.1) is 20.3 Å². The van der Waals surface area contributed by atoms with Crippen molar-refractivity contribution in [1.29, 1.82) is 0 Å². The number of hydrogen-bond donors (Lipinski definition) is 1. The van der Waals surface area contributed by atoms with Crippen LogP contribution in [0.2, 0.25) is 10.0 Å². The molecule has 124 valence electrons. The standard InChI is InChI=1S/C18H16Cl2N2OS/c1-3-10(2)11-5-7-15-16(9-11)24-18(21-15)22-17(23)12-4-6-13(19)14(20)8-12/h4-10H,3H2,1-2H3,(H,21,22,23). The monoisotopic (exact) mass is 378 g/mol. The van der Waals surface area contributed by atoms with Crippen LogP contribution in [0.15, 0.2) is 36.4 Å². The van der Waals surface area contributed by atoms with Gasteiger partial charge in [-0.3, -0.25) is 10.1 Å². The SMILES string of the molecule is CCC(C)c1ccc2nc(NC(=O)c3ccc(Cl)c(Cl)c3)sc2c1. The average Bonchev–Trinajstić information content (AvgIpc) is 2.97. The Balaban J connectivity index is 1.84. The van der Waals surface area contributed by atoms with Crippen LogP contribution in [0.25, 0.3) is 10.2 Å². The van der Waals surface area contributed by atoms with Gasteiger partial charge in [0, 0.05) is 5.56 Å². The number of thiazole rings is 1. The smallest absolute Gasteiger partial charge is 0.257 e. The lowest BCUT2D eigenvalue weighted by molar-refractivity contribution is 0.102. The van der Waals surface area contributed by atoms with Crippen molar-refractivity contribution >= 4 is 55.8 Å². The highest BCUT2D eigenvalue weighted by atomic mass is 35.5. The zero-order valence-electron chi connectivity index (χ0n) is 13.3. The molecule has 3 nitrogen and oxygen atoms in total. The second kappa shape index (κ2) is 7.09. The van der Waals surface area contributed by atoms with E-state index >= 15 is 0 Å². The van der Waals surface area contributed by atoms with Gasteiger partial charge in [-0.15, -0.1) is 0 Å². The van der Waals surface area contributed by atoms with Crippen molar-refractivity contribution in [3.63, 3.8) is 0 Å². The summed E-state index contributed by atoms with van der Waals surface area (Å²) in [6, 6.07) is 11.0. The number of fused-ring (bicyclic) bond motifs is 1. The molecule has 0 spiro atoms. The summed E-state index contributed by atoms with van der Waals surface area (Å²) in [5, 5.41) is 4.17. The predicted octanol–water partition coefficient (Wildman–Crippen LogP) is 6.37. The zero-order valence-corrected chi connectivity index (χ0v) is 15.6. The minimum absolute atomic E-state index is 0.255. The molecule has 0 aliphatic carbocycles. The molecule has 0 saturated heterocycles. The van der Waals surface area contributed by atoms with E-state index in [0.717, 1.165) is 16.6 Å². The number of nitrogens with one attached hydrogen (secondary N) is 1. The minimum atomic E-state index is -0.255.